The zero-order chi connectivity index (χ0) is 25.1. The molecule has 1 aliphatic rings. The Morgan fingerprint density at radius 3 is 2.66 bits per heavy atom. The topological polar surface area (TPSA) is 91.3 Å². The van der Waals surface area contributed by atoms with Crippen molar-refractivity contribution in [3.05, 3.63) is 68.8 Å². The van der Waals surface area contributed by atoms with Crippen LogP contribution in [0.5, 0.6) is 0 Å². The minimum absolute atomic E-state index is 0.0351. The normalized spacial score (nSPS) is 19.5. The van der Waals surface area contributed by atoms with Crippen LogP contribution in [-0.2, 0) is 17.3 Å². The van der Waals surface area contributed by atoms with Gasteiger partial charge in [-0.25, -0.2) is 9.07 Å². The van der Waals surface area contributed by atoms with E-state index in [1.165, 1.54) is 7.05 Å². The zero-order valence-electron chi connectivity index (χ0n) is 18.6. The molecule has 0 radical (unpaired) electrons. The smallest absolute Gasteiger partial charge is 0.414 e. The Morgan fingerprint density at radius 1 is 1.20 bits per heavy atom. The van der Waals surface area contributed by atoms with E-state index in [-0.39, 0.29) is 28.6 Å². The lowest BCUT2D eigenvalue weighted by Gasteiger charge is -2.32. The molecular weight excluding hydrogens is 472 g/mol. The van der Waals surface area contributed by atoms with Crippen molar-refractivity contribution in [3.63, 3.8) is 0 Å². The van der Waals surface area contributed by atoms with E-state index in [1.54, 1.807) is 25.1 Å². The Morgan fingerprint density at radius 2 is 1.97 bits per heavy atom. The Kier molecular flexibility index (Phi) is 5.24. The number of aryl methyl sites for hydroxylation is 1. The van der Waals surface area contributed by atoms with Gasteiger partial charge in [-0.3, -0.25) is 14.2 Å². The van der Waals surface area contributed by atoms with Crippen LogP contribution in [0.4, 0.5) is 23.4 Å². The number of anilines is 1. The summed E-state index contributed by atoms with van der Waals surface area (Å²) in [6, 6.07) is 5.25. The van der Waals surface area contributed by atoms with Crippen LogP contribution < -0.4 is 16.4 Å². The summed E-state index contributed by atoms with van der Waals surface area (Å²) < 4.78 is 68.3. The first-order chi connectivity index (χ1) is 16.5. The van der Waals surface area contributed by atoms with E-state index in [2.05, 4.69) is 10.4 Å². The number of benzene rings is 1. The van der Waals surface area contributed by atoms with Crippen molar-refractivity contribution in [1.82, 2.24) is 14.3 Å². The highest BCUT2D eigenvalue weighted by Crippen LogP contribution is 2.42. The minimum Gasteiger partial charge on any atom is -0.461 e. The standard InChI is InChI=1S/C23H20F4N4O4/c1-12(13-4-3-5-14-17(24)10-35-19(13)14)28-20-16-9-31(22(23(25,26)27)6-7-34-11-22)18(32)8-15(16)21(33)30(2)29-20/h3-5,8-10,12H,6-7,11H2,1-2H3,(H,28,29)/t12?,22-/m0/s1. The summed E-state index contributed by atoms with van der Waals surface area (Å²) in [4.78, 5) is 25.5. The number of nitrogens with one attached hydrogen (secondary N) is 1. The Balaban J connectivity index is 1.68. The predicted molar refractivity (Wildman–Crippen MR) is 119 cm³/mol. The van der Waals surface area contributed by atoms with Crippen LogP contribution in [0.25, 0.3) is 21.7 Å². The molecule has 4 heterocycles. The van der Waals surface area contributed by atoms with E-state index < -0.39 is 47.7 Å². The van der Waals surface area contributed by atoms with E-state index in [9.17, 15) is 27.2 Å². The quantitative estimate of drug-likeness (QED) is 0.436. The van der Waals surface area contributed by atoms with Crippen LogP contribution >= 0.6 is 0 Å². The van der Waals surface area contributed by atoms with Gasteiger partial charge in [-0.2, -0.15) is 18.3 Å². The molecule has 0 amide bonds. The van der Waals surface area contributed by atoms with Crippen LogP contribution in [0.15, 0.2) is 50.7 Å². The lowest BCUT2D eigenvalue weighted by Crippen LogP contribution is -2.52. The minimum atomic E-state index is -4.77. The fraction of sp³-hybridized carbons (Fsp3) is 0.348. The maximum absolute atomic E-state index is 14.1. The van der Waals surface area contributed by atoms with Gasteiger partial charge < -0.3 is 14.5 Å². The van der Waals surface area contributed by atoms with Crippen molar-refractivity contribution >= 4 is 27.6 Å². The van der Waals surface area contributed by atoms with Gasteiger partial charge in [0.05, 0.1) is 23.4 Å². The maximum atomic E-state index is 14.1. The fourth-order valence-corrected chi connectivity index (χ4v) is 4.54. The molecule has 3 aromatic heterocycles. The van der Waals surface area contributed by atoms with Crippen LogP contribution in [0.2, 0.25) is 0 Å². The largest absolute Gasteiger partial charge is 0.461 e. The zero-order valence-corrected chi connectivity index (χ0v) is 18.6. The van der Waals surface area contributed by atoms with Gasteiger partial charge in [-0.1, -0.05) is 12.1 Å². The van der Waals surface area contributed by atoms with Gasteiger partial charge in [-0.05, 0) is 13.0 Å². The Bertz CT molecular complexity index is 1560. The lowest BCUT2D eigenvalue weighted by molar-refractivity contribution is -0.214. The van der Waals surface area contributed by atoms with Crippen molar-refractivity contribution in [3.8, 4) is 0 Å². The van der Waals surface area contributed by atoms with Gasteiger partial charge in [0.25, 0.3) is 11.1 Å². The molecule has 0 saturated carbocycles. The number of aromatic nitrogens is 3. The van der Waals surface area contributed by atoms with Gasteiger partial charge in [0.15, 0.2) is 17.2 Å². The van der Waals surface area contributed by atoms with Crippen molar-refractivity contribution in [2.24, 2.45) is 7.05 Å². The number of ether oxygens (including phenoxy) is 1. The molecule has 1 saturated heterocycles. The molecular formula is C23H20F4N4O4. The molecule has 1 fully saturated rings. The Labute approximate surface area is 194 Å². The van der Waals surface area contributed by atoms with Crippen molar-refractivity contribution < 1.29 is 26.7 Å². The van der Waals surface area contributed by atoms with Gasteiger partial charge >= 0.3 is 6.18 Å². The molecule has 0 spiro atoms. The molecule has 5 rings (SSSR count). The maximum Gasteiger partial charge on any atom is 0.414 e. The number of halogens is 4. The molecule has 2 atom stereocenters. The first kappa shape index (κ1) is 23.1. The van der Waals surface area contributed by atoms with Gasteiger partial charge in [0, 0.05) is 43.3 Å². The number of pyridine rings is 1. The van der Waals surface area contributed by atoms with Crippen LogP contribution in [-0.4, -0.2) is 33.7 Å². The number of fused-ring (bicyclic) bond motifs is 2. The Hall–Kier alpha value is -3.67. The van der Waals surface area contributed by atoms with E-state index in [0.717, 1.165) is 23.2 Å². The summed E-state index contributed by atoms with van der Waals surface area (Å²) in [5, 5.41) is 7.50. The highest BCUT2D eigenvalue weighted by atomic mass is 19.4. The van der Waals surface area contributed by atoms with E-state index in [4.69, 9.17) is 9.15 Å². The van der Waals surface area contributed by atoms with Crippen molar-refractivity contribution in [2.45, 2.75) is 31.1 Å². The van der Waals surface area contributed by atoms with Gasteiger partial charge in [0.2, 0.25) is 0 Å². The lowest BCUT2D eigenvalue weighted by atomic mass is 9.96. The number of nitrogens with zero attached hydrogens (tertiary/aromatic N) is 3. The average Bonchev–Trinajstić information content (AvgIpc) is 3.45. The van der Waals surface area contributed by atoms with Gasteiger partial charge in [-0.15, -0.1) is 0 Å². The molecule has 0 bridgehead atoms. The number of alkyl halides is 3. The summed E-state index contributed by atoms with van der Waals surface area (Å²) in [7, 11) is 1.37. The monoisotopic (exact) mass is 492 g/mol. The molecule has 184 valence electrons. The number of hydrogen-bond donors (Lipinski definition) is 1. The molecule has 1 aliphatic heterocycles. The number of para-hydroxylation sites is 1. The van der Waals surface area contributed by atoms with E-state index in [1.807, 2.05) is 0 Å². The third-order valence-electron chi connectivity index (χ3n) is 6.48. The number of rotatable bonds is 4. The van der Waals surface area contributed by atoms with Crippen LogP contribution in [0.1, 0.15) is 24.9 Å². The molecule has 12 heteroatoms. The SMILES string of the molecule is CC(Nc1nn(C)c(=O)c2cc(=O)n([C@@]3(C(F)(F)F)CCOC3)cc12)c1cccc2c(F)coc12. The highest BCUT2D eigenvalue weighted by Gasteiger charge is 2.59. The average molecular weight is 492 g/mol. The second kappa shape index (κ2) is 7.94. The highest BCUT2D eigenvalue weighted by molar-refractivity contribution is 5.90. The molecule has 35 heavy (non-hydrogen) atoms. The number of hydrogen-bond acceptors (Lipinski definition) is 6. The third kappa shape index (κ3) is 3.51. The summed E-state index contributed by atoms with van der Waals surface area (Å²) in [6.45, 7) is 0.849. The summed E-state index contributed by atoms with van der Waals surface area (Å²) in [6.07, 6.45) is -3.21. The fourth-order valence-electron chi connectivity index (χ4n) is 4.54. The molecule has 0 aliphatic carbocycles. The third-order valence-corrected chi connectivity index (χ3v) is 6.48. The molecule has 8 nitrogen and oxygen atoms in total. The summed E-state index contributed by atoms with van der Waals surface area (Å²) in [5.74, 6) is -0.455. The van der Waals surface area contributed by atoms with E-state index >= 15 is 0 Å². The van der Waals surface area contributed by atoms with E-state index in [0.29, 0.717) is 15.7 Å². The molecule has 1 N–H and O–H groups in total. The first-order valence-electron chi connectivity index (χ1n) is 10.7. The molecule has 1 aromatic carbocycles. The van der Waals surface area contributed by atoms with Crippen molar-refractivity contribution in [2.75, 3.05) is 18.5 Å². The van der Waals surface area contributed by atoms with Crippen molar-refractivity contribution in [1.29, 1.82) is 0 Å². The second-order valence-electron chi connectivity index (χ2n) is 8.59. The summed E-state index contributed by atoms with van der Waals surface area (Å²) in [5.41, 5.74) is -3.30. The summed E-state index contributed by atoms with van der Waals surface area (Å²) >= 11 is 0. The number of furan rings is 1. The first-order valence-corrected chi connectivity index (χ1v) is 10.7. The predicted octanol–water partition coefficient (Wildman–Crippen LogP) is 3.83. The second-order valence-corrected chi connectivity index (χ2v) is 8.59. The molecule has 1 unspecified atom stereocenters. The van der Waals surface area contributed by atoms with Gasteiger partial charge in [0.1, 0.15) is 11.8 Å². The van der Waals surface area contributed by atoms with Crippen LogP contribution in [0, 0.1) is 5.82 Å². The molecule has 4 aromatic rings. The van der Waals surface area contributed by atoms with Crippen LogP contribution in [0.3, 0.4) is 0 Å².